The van der Waals surface area contributed by atoms with Gasteiger partial charge in [-0.2, -0.15) is 4.31 Å². The predicted molar refractivity (Wildman–Crippen MR) is 108 cm³/mol. The van der Waals surface area contributed by atoms with Gasteiger partial charge in [0.2, 0.25) is 15.9 Å². The number of hydrogen-bond acceptors (Lipinski definition) is 4. The first kappa shape index (κ1) is 20.5. The molecule has 1 N–H and O–H groups in total. The summed E-state index contributed by atoms with van der Waals surface area (Å²) in [6, 6.07) is 15.7. The van der Waals surface area contributed by atoms with Crippen molar-refractivity contribution in [2.45, 2.75) is 30.5 Å². The first-order valence-electron chi connectivity index (χ1n) is 8.31. The van der Waals surface area contributed by atoms with E-state index in [-0.39, 0.29) is 10.8 Å². The van der Waals surface area contributed by atoms with Crippen LogP contribution in [-0.4, -0.2) is 36.7 Å². The number of rotatable bonds is 8. The summed E-state index contributed by atoms with van der Waals surface area (Å²) in [5.41, 5.74) is 1.51. The van der Waals surface area contributed by atoms with Crippen LogP contribution < -0.4 is 5.32 Å². The van der Waals surface area contributed by atoms with Crippen molar-refractivity contribution in [3.63, 3.8) is 0 Å². The zero-order chi connectivity index (χ0) is 19.2. The van der Waals surface area contributed by atoms with Crippen molar-refractivity contribution >= 4 is 33.4 Å². The number of anilines is 1. The van der Waals surface area contributed by atoms with Gasteiger partial charge < -0.3 is 5.32 Å². The van der Waals surface area contributed by atoms with Gasteiger partial charge in [-0.1, -0.05) is 44.2 Å². The normalized spacial score (nSPS) is 11.7. The molecule has 0 aliphatic heterocycles. The number of carbonyl (C=O) groups excluding carboxylic acids is 1. The fourth-order valence-corrected chi connectivity index (χ4v) is 3.97. The molecule has 0 unspecified atom stereocenters. The van der Waals surface area contributed by atoms with E-state index in [1.807, 2.05) is 44.2 Å². The molecule has 140 valence electrons. The van der Waals surface area contributed by atoms with Crippen LogP contribution in [0.3, 0.4) is 0 Å². The van der Waals surface area contributed by atoms with Gasteiger partial charge in [-0.25, -0.2) is 8.42 Å². The molecule has 5 nitrogen and oxygen atoms in total. The first-order valence-corrected chi connectivity index (χ1v) is 10.8. The smallest absolute Gasteiger partial charge is 0.243 e. The number of nitrogens with one attached hydrogen (secondary N) is 1. The van der Waals surface area contributed by atoms with E-state index in [0.717, 1.165) is 5.56 Å². The van der Waals surface area contributed by atoms with Crippen LogP contribution in [0, 0.1) is 0 Å². The molecule has 7 heteroatoms. The highest BCUT2D eigenvalue weighted by Gasteiger charge is 2.20. The van der Waals surface area contributed by atoms with E-state index in [9.17, 15) is 13.2 Å². The SMILES string of the molecule is CC(C)SCC(=O)Nc1ccc(S(=O)(=O)N(C)Cc2ccccc2)cc1. The van der Waals surface area contributed by atoms with Crippen molar-refractivity contribution < 1.29 is 13.2 Å². The second kappa shape index (κ2) is 9.21. The molecule has 2 aromatic carbocycles. The molecule has 0 atom stereocenters. The quantitative estimate of drug-likeness (QED) is 0.746. The Morgan fingerprint density at radius 2 is 1.69 bits per heavy atom. The summed E-state index contributed by atoms with van der Waals surface area (Å²) in [5, 5.41) is 3.16. The van der Waals surface area contributed by atoms with Crippen molar-refractivity contribution in [2.75, 3.05) is 18.1 Å². The van der Waals surface area contributed by atoms with Crippen molar-refractivity contribution in [1.82, 2.24) is 4.31 Å². The molecule has 26 heavy (non-hydrogen) atoms. The van der Waals surface area contributed by atoms with E-state index >= 15 is 0 Å². The van der Waals surface area contributed by atoms with Crippen molar-refractivity contribution in [2.24, 2.45) is 0 Å². The molecule has 0 radical (unpaired) electrons. The molecule has 2 rings (SSSR count). The molecular formula is C19H24N2O3S2. The molecule has 0 aromatic heterocycles. The summed E-state index contributed by atoms with van der Waals surface area (Å²) < 4.78 is 26.7. The molecule has 1 amide bonds. The fourth-order valence-electron chi connectivity index (χ4n) is 2.26. The van der Waals surface area contributed by atoms with Crippen LogP contribution >= 0.6 is 11.8 Å². The lowest BCUT2D eigenvalue weighted by molar-refractivity contribution is -0.113. The standard InChI is InChI=1S/C19H24N2O3S2/c1-15(2)25-14-19(22)20-17-9-11-18(12-10-17)26(23,24)21(3)13-16-7-5-4-6-8-16/h4-12,15H,13-14H2,1-3H3,(H,20,22). The molecule has 2 aromatic rings. The molecule has 0 spiro atoms. The first-order chi connectivity index (χ1) is 12.3. The summed E-state index contributed by atoms with van der Waals surface area (Å²) in [6.07, 6.45) is 0. The maximum atomic E-state index is 12.7. The molecule has 0 aliphatic carbocycles. The number of hydrogen-bond donors (Lipinski definition) is 1. The average Bonchev–Trinajstić information content (AvgIpc) is 2.61. The number of thioether (sulfide) groups is 1. The van der Waals surface area contributed by atoms with Gasteiger partial charge in [0.15, 0.2) is 0 Å². The molecule has 0 bridgehead atoms. The number of benzene rings is 2. The Hall–Kier alpha value is -1.83. The minimum Gasteiger partial charge on any atom is -0.325 e. The van der Waals surface area contributed by atoms with E-state index in [0.29, 0.717) is 23.2 Å². The van der Waals surface area contributed by atoms with Gasteiger partial charge in [-0.3, -0.25) is 4.79 Å². The minimum atomic E-state index is -3.59. The van der Waals surface area contributed by atoms with Crippen LogP contribution in [0.25, 0.3) is 0 Å². The molecule has 0 saturated carbocycles. The maximum absolute atomic E-state index is 12.7. The molecular weight excluding hydrogens is 368 g/mol. The van der Waals surface area contributed by atoms with Gasteiger partial charge in [0.1, 0.15) is 0 Å². The van der Waals surface area contributed by atoms with Gasteiger partial charge in [0.05, 0.1) is 10.6 Å². The van der Waals surface area contributed by atoms with Crippen LogP contribution in [0.5, 0.6) is 0 Å². The lowest BCUT2D eigenvalue weighted by Gasteiger charge is -2.17. The van der Waals surface area contributed by atoms with Gasteiger partial charge in [0.25, 0.3) is 0 Å². The Kier molecular flexibility index (Phi) is 7.25. The highest BCUT2D eigenvalue weighted by Crippen LogP contribution is 2.19. The third-order valence-electron chi connectivity index (χ3n) is 3.64. The molecule has 0 heterocycles. The average molecular weight is 393 g/mol. The van der Waals surface area contributed by atoms with E-state index in [1.165, 1.54) is 16.4 Å². The molecule has 0 aliphatic rings. The molecule has 0 fully saturated rings. The van der Waals surface area contributed by atoms with Crippen LogP contribution in [-0.2, 0) is 21.4 Å². The monoisotopic (exact) mass is 392 g/mol. The molecule has 0 saturated heterocycles. The van der Waals surface area contributed by atoms with E-state index in [1.54, 1.807) is 30.9 Å². The third kappa shape index (κ3) is 5.86. The largest absolute Gasteiger partial charge is 0.325 e. The van der Waals surface area contributed by atoms with Gasteiger partial charge >= 0.3 is 0 Å². The van der Waals surface area contributed by atoms with Gasteiger partial charge in [0, 0.05) is 19.3 Å². The summed E-state index contributed by atoms with van der Waals surface area (Å²) in [6.45, 7) is 4.36. The van der Waals surface area contributed by atoms with E-state index in [2.05, 4.69) is 5.32 Å². The Balaban J connectivity index is 2.02. The van der Waals surface area contributed by atoms with Crippen molar-refractivity contribution in [1.29, 1.82) is 0 Å². The Bertz CT molecular complexity index is 820. The van der Waals surface area contributed by atoms with Crippen LogP contribution in [0.15, 0.2) is 59.5 Å². The summed E-state index contributed by atoms with van der Waals surface area (Å²) in [4.78, 5) is 12.1. The number of sulfonamides is 1. The predicted octanol–water partition coefficient (Wildman–Crippen LogP) is 3.59. The van der Waals surface area contributed by atoms with E-state index < -0.39 is 10.0 Å². The summed E-state index contributed by atoms with van der Waals surface area (Å²) in [5.74, 6) is 0.276. The maximum Gasteiger partial charge on any atom is 0.243 e. The van der Waals surface area contributed by atoms with Gasteiger partial charge in [-0.15, -0.1) is 11.8 Å². The highest BCUT2D eigenvalue weighted by molar-refractivity contribution is 8.00. The Labute approximate surface area is 159 Å². The second-order valence-electron chi connectivity index (χ2n) is 6.18. The van der Waals surface area contributed by atoms with Gasteiger partial charge in [-0.05, 0) is 35.1 Å². The van der Waals surface area contributed by atoms with Crippen LogP contribution in [0.4, 0.5) is 5.69 Å². The van der Waals surface area contributed by atoms with Crippen LogP contribution in [0.1, 0.15) is 19.4 Å². The third-order valence-corrected chi connectivity index (χ3v) is 6.56. The van der Waals surface area contributed by atoms with Crippen molar-refractivity contribution in [3.05, 3.63) is 60.2 Å². The summed E-state index contributed by atoms with van der Waals surface area (Å²) >= 11 is 1.56. The zero-order valence-electron chi connectivity index (χ0n) is 15.2. The highest BCUT2D eigenvalue weighted by atomic mass is 32.2. The summed E-state index contributed by atoms with van der Waals surface area (Å²) in [7, 11) is -2.03. The minimum absolute atomic E-state index is 0.0968. The number of amides is 1. The number of nitrogens with zero attached hydrogens (tertiary/aromatic N) is 1. The fraction of sp³-hybridized carbons (Fsp3) is 0.316. The number of carbonyl (C=O) groups is 1. The second-order valence-corrected chi connectivity index (χ2v) is 9.79. The lowest BCUT2D eigenvalue weighted by atomic mass is 10.2. The van der Waals surface area contributed by atoms with Crippen molar-refractivity contribution in [3.8, 4) is 0 Å². The Morgan fingerprint density at radius 1 is 1.08 bits per heavy atom. The lowest BCUT2D eigenvalue weighted by Crippen LogP contribution is -2.26. The van der Waals surface area contributed by atoms with Crippen LogP contribution in [0.2, 0.25) is 0 Å². The topological polar surface area (TPSA) is 66.5 Å². The van der Waals surface area contributed by atoms with E-state index in [4.69, 9.17) is 0 Å². The zero-order valence-corrected chi connectivity index (χ0v) is 16.8. The Morgan fingerprint density at radius 3 is 2.27 bits per heavy atom.